The molecule has 1 heterocycles. The van der Waals surface area contributed by atoms with Gasteiger partial charge in [-0.15, -0.1) is 0 Å². The van der Waals surface area contributed by atoms with Crippen LogP contribution < -0.4 is 4.74 Å². The van der Waals surface area contributed by atoms with Crippen LogP contribution in [0.15, 0.2) is 30.5 Å². The number of fused-ring (bicyclic) bond motifs is 1. The van der Waals surface area contributed by atoms with E-state index in [-0.39, 0.29) is 0 Å². The Morgan fingerprint density at radius 3 is 2.88 bits per heavy atom. The van der Waals surface area contributed by atoms with Crippen LogP contribution in [0.3, 0.4) is 0 Å². The fourth-order valence-corrected chi connectivity index (χ4v) is 2.01. The van der Waals surface area contributed by atoms with Crippen molar-refractivity contribution in [3.8, 4) is 5.75 Å². The van der Waals surface area contributed by atoms with Gasteiger partial charge in [0.25, 0.3) is 0 Å². The molecule has 1 aromatic carbocycles. The van der Waals surface area contributed by atoms with E-state index in [2.05, 4.69) is 37.0 Å². The van der Waals surface area contributed by atoms with Crippen molar-refractivity contribution in [3.05, 3.63) is 30.5 Å². The topological polar surface area (TPSA) is 25.0 Å². The van der Waals surface area contributed by atoms with Crippen LogP contribution >= 0.6 is 0 Å². The van der Waals surface area contributed by atoms with E-state index in [0.29, 0.717) is 6.10 Å². The number of hydrogen-bond acceptors (Lipinski definition) is 1. The zero-order chi connectivity index (χ0) is 11.4. The van der Waals surface area contributed by atoms with Gasteiger partial charge in [-0.2, -0.15) is 0 Å². The molecule has 1 N–H and O–H groups in total. The molecule has 0 saturated heterocycles. The lowest BCUT2D eigenvalue weighted by atomic mass is 10.1. The third kappa shape index (κ3) is 2.21. The summed E-state index contributed by atoms with van der Waals surface area (Å²) < 4.78 is 6.06. The molecule has 1 aromatic heterocycles. The molecule has 2 nitrogen and oxygen atoms in total. The lowest BCUT2D eigenvalue weighted by molar-refractivity contribution is 0.188. The summed E-state index contributed by atoms with van der Waals surface area (Å²) in [4.78, 5) is 3.20. The summed E-state index contributed by atoms with van der Waals surface area (Å²) in [5.74, 6) is 0.999. The van der Waals surface area contributed by atoms with Gasteiger partial charge in [0.05, 0.1) is 6.10 Å². The first-order chi connectivity index (χ1) is 7.85. The molecule has 0 radical (unpaired) electrons. The molecule has 0 fully saturated rings. The maximum absolute atomic E-state index is 6.06. The Balaban J connectivity index is 2.22. The number of aromatic amines is 1. The molecule has 1 atom stereocenters. The Hall–Kier alpha value is -1.44. The summed E-state index contributed by atoms with van der Waals surface area (Å²) in [6, 6.07) is 8.23. The van der Waals surface area contributed by atoms with E-state index >= 15 is 0 Å². The van der Waals surface area contributed by atoms with E-state index in [1.54, 1.807) is 0 Å². The minimum Gasteiger partial charge on any atom is -0.490 e. The molecule has 1 unspecified atom stereocenters. The minimum absolute atomic E-state index is 0.338. The number of nitrogens with one attached hydrogen (secondary N) is 1. The van der Waals surface area contributed by atoms with Gasteiger partial charge < -0.3 is 9.72 Å². The molecule has 0 bridgehead atoms. The van der Waals surface area contributed by atoms with Crippen molar-refractivity contribution >= 4 is 10.9 Å². The Labute approximate surface area is 96.6 Å². The molecule has 16 heavy (non-hydrogen) atoms. The largest absolute Gasteiger partial charge is 0.490 e. The molecule has 0 aliphatic heterocycles. The Morgan fingerprint density at radius 2 is 2.12 bits per heavy atom. The lowest BCUT2D eigenvalue weighted by Crippen LogP contribution is -2.14. The minimum atomic E-state index is 0.338. The highest BCUT2D eigenvalue weighted by Crippen LogP contribution is 2.26. The maximum Gasteiger partial charge on any atom is 0.129 e. The van der Waals surface area contributed by atoms with Crippen molar-refractivity contribution in [1.82, 2.24) is 4.98 Å². The molecule has 0 spiro atoms. The van der Waals surface area contributed by atoms with Crippen LogP contribution in [0, 0.1) is 0 Å². The zero-order valence-corrected chi connectivity index (χ0v) is 9.99. The quantitative estimate of drug-likeness (QED) is 0.800. The molecule has 0 saturated carbocycles. The molecule has 0 aliphatic carbocycles. The van der Waals surface area contributed by atoms with Gasteiger partial charge in [0.1, 0.15) is 5.75 Å². The predicted molar refractivity (Wildman–Crippen MR) is 67.9 cm³/mol. The van der Waals surface area contributed by atoms with Crippen LogP contribution in [0.25, 0.3) is 10.9 Å². The first-order valence-corrected chi connectivity index (χ1v) is 6.08. The number of ether oxygens (including phenoxy) is 1. The van der Waals surface area contributed by atoms with Gasteiger partial charge in [0.2, 0.25) is 0 Å². The smallest absolute Gasteiger partial charge is 0.129 e. The second-order valence-electron chi connectivity index (χ2n) is 4.13. The number of hydrogen-bond donors (Lipinski definition) is 1. The van der Waals surface area contributed by atoms with Crippen LogP contribution in [0.5, 0.6) is 5.75 Å². The molecule has 0 amide bonds. The fraction of sp³-hybridized carbons (Fsp3) is 0.429. The molecular weight excluding hydrogens is 198 g/mol. The standard InChI is InChI=1S/C14H19NO/c1-3-6-11(4-2)16-14-8-5-7-13-12(14)9-10-15-13/h5,7-11,15H,3-4,6H2,1-2H3. The molecule has 2 rings (SSSR count). The van der Waals surface area contributed by atoms with Gasteiger partial charge in [-0.1, -0.05) is 26.3 Å². The number of aromatic nitrogens is 1. The average Bonchev–Trinajstić information content (AvgIpc) is 2.77. The summed E-state index contributed by atoms with van der Waals surface area (Å²) in [7, 11) is 0. The van der Waals surface area contributed by atoms with Gasteiger partial charge in [-0.05, 0) is 31.0 Å². The molecule has 2 heteroatoms. The second-order valence-corrected chi connectivity index (χ2v) is 4.13. The van der Waals surface area contributed by atoms with E-state index in [1.807, 2.05) is 12.3 Å². The van der Waals surface area contributed by atoms with Crippen LogP contribution in [0.2, 0.25) is 0 Å². The first kappa shape index (κ1) is 11.1. The van der Waals surface area contributed by atoms with Crippen LogP contribution in [0.1, 0.15) is 33.1 Å². The van der Waals surface area contributed by atoms with Crippen molar-refractivity contribution in [2.24, 2.45) is 0 Å². The summed E-state index contributed by atoms with van der Waals surface area (Å²) in [6.07, 6.45) is 5.65. The van der Waals surface area contributed by atoms with Gasteiger partial charge in [-0.25, -0.2) is 0 Å². The maximum atomic E-state index is 6.06. The SMILES string of the molecule is CCCC(CC)Oc1cccc2[nH]ccc12. The summed E-state index contributed by atoms with van der Waals surface area (Å²) in [6.45, 7) is 4.38. The van der Waals surface area contributed by atoms with E-state index in [4.69, 9.17) is 4.74 Å². The van der Waals surface area contributed by atoms with Crippen LogP contribution in [-0.2, 0) is 0 Å². The summed E-state index contributed by atoms with van der Waals surface area (Å²) >= 11 is 0. The molecule has 2 aromatic rings. The van der Waals surface area contributed by atoms with Crippen LogP contribution in [-0.4, -0.2) is 11.1 Å². The van der Waals surface area contributed by atoms with Gasteiger partial charge in [-0.3, -0.25) is 0 Å². The van der Waals surface area contributed by atoms with Gasteiger partial charge in [0, 0.05) is 17.1 Å². The second kappa shape index (κ2) is 5.06. The first-order valence-electron chi connectivity index (χ1n) is 6.08. The van der Waals surface area contributed by atoms with E-state index in [9.17, 15) is 0 Å². The highest BCUT2D eigenvalue weighted by molar-refractivity contribution is 5.85. The third-order valence-corrected chi connectivity index (χ3v) is 2.91. The van der Waals surface area contributed by atoms with Gasteiger partial charge >= 0.3 is 0 Å². The third-order valence-electron chi connectivity index (χ3n) is 2.91. The Kier molecular flexibility index (Phi) is 3.50. The van der Waals surface area contributed by atoms with E-state index < -0.39 is 0 Å². The van der Waals surface area contributed by atoms with Crippen molar-refractivity contribution in [2.45, 2.75) is 39.2 Å². The zero-order valence-electron chi connectivity index (χ0n) is 9.99. The monoisotopic (exact) mass is 217 g/mol. The van der Waals surface area contributed by atoms with Crippen molar-refractivity contribution in [1.29, 1.82) is 0 Å². The van der Waals surface area contributed by atoms with Crippen LogP contribution in [0.4, 0.5) is 0 Å². The summed E-state index contributed by atoms with van der Waals surface area (Å²) in [5, 5.41) is 1.18. The van der Waals surface area contributed by atoms with Crippen molar-refractivity contribution in [3.63, 3.8) is 0 Å². The Bertz CT molecular complexity index is 447. The molecule has 0 aliphatic rings. The molecule has 86 valence electrons. The van der Waals surface area contributed by atoms with Crippen molar-refractivity contribution < 1.29 is 4.74 Å². The fourth-order valence-electron chi connectivity index (χ4n) is 2.01. The number of H-pyrrole nitrogens is 1. The molecular formula is C14H19NO. The van der Waals surface area contributed by atoms with Gasteiger partial charge in [0.15, 0.2) is 0 Å². The highest BCUT2D eigenvalue weighted by Gasteiger charge is 2.09. The summed E-state index contributed by atoms with van der Waals surface area (Å²) in [5.41, 5.74) is 1.14. The van der Waals surface area contributed by atoms with E-state index in [1.165, 1.54) is 11.8 Å². The lowest BCUT2D eigenvalue weighted by Gasteiger charge is -2.17. The number of benzene rings is 1. The predicted octanol–water partition coefficient (Wildman–Crippen LogP) is 4.13. The highest BCUT2D eigenvalue weighted by atomic mass is 16.5. The Morgan fingerprint density at radius 1 is 1.25 bits per heavy atom. The number of rotatable bonds is 5. The average molecular weight is 217 g/mol. The van der Waals surface area contributed by atoms with E-state index in [0.717, 1.165) is 24.1 Å². The van der Waals surface area contributed by atoms with Crippen molar-refractivity contribution in [2.75, 3.05) is 0 Å². The normalized spacial score (nSPS) is 12.9.